The standard InChI is InChI=1S/C23H21NO5S/c1-26-16-5-7-21(28-3)19(10-16)20-13-30-23(24-20)9-15(25)8-14-12-29-22-11-17(27-2)4-6-18(14)22/h4-7,10-13H,8-9H2,1-3H3. The van der Waals surface area contributed by atoms with Gasteiger partial charge in [0, 0.05) is 34.4 Å². The van der Waals surface area contributed by atoms with Crippen molar-refractivity contribution in [3.63, 3.8) is 0 Å². The largest absolute Gasteiger partial charge is 0.497 e. The van der Waals surface area contributed by atoms with Crippen molar-refractivity contribution >= 4 is 28.1 Å². The van der Waals surface area contributed by atoms with Crippen LogP contribution < -0.4 is 14.2 Å². The molecule has 0 fully saturated rings. The summed E-state index contributed by atoms with van der Waals surface area (Å²) in [5, 5.41) is 3.61. The second-order valence-corrected chi connectivity index (χ2v) is 7.65. The molecular weight excluding hydrogens is 402 g/mol. The predicted molar refractivity (Wildman–Crippen MR) is 116 cm³/mol. The molecule has 30 heavy (non-hydrogen) atoms. The third-order valence-electron chi connectivity index (χ3n) is 4.83. The quantitative estimate of drug-likeness (QED) is 0.400. The summed E-state index contributed by atoms with van der Waals surface area (Å²) in [6.45, 7) is 0. The predicted octanol–water partition coefficient (Wildman–Crippen LogP) is 4.94. The van der Waals surface area contributed by atoms with Gasteiger partial charge in [-0.25, -0.2) is 4.98 Å². The molecule has 154 valence electrons. The van der Waals surface area contributed by atoms with E-state index in [4.69, 9.17) is 18.6 Å². The van der Waals surface area contributed by atoms with Gasteiger partial charge in [0.1, 0.15) is 33.6 Å². The van der Waals surface area contributed by atoms with Gasteiger partial charge in [0.15, 0.2) is 0 Å². The van der Waals surface area contributed by atoms with Gasteiger partial charge < -0.3 is 18.6 Å². The molecule has 7 heteroatoms. The third-order valence-corrected chi connectivity index (χ3v) is 5.68. The fourth-order valence-electron chi connectivity index (χ4n) is 3.30. The molecule has 0 N–H and O–H groups in total. The molecule has 4 aromatic rings. The highest BCUT2D eigenvalue weighted by Crippen LogP contribution is 2.34. The number of ether oxygens (including phenoxy) is 3. The number of carbonyl (C=O) groups is 1. The Labute approximate surface area is 178 Å². The van der Waals surface area contributed by atoms with Crippen LogP contribution in [0.5, 0.6) is 17.2 Å². The molecule has 0 radical (unpaired) electrons. The van der Waals surface area contributed by atoms with Gasteiger partial charge in [-0.15, -0.1) is 11.3 Å². The van der Waals surface area contributed by atoms with E-state index in [1.165, 1.54) is 11.3 Å². The summed E-state index contributed by atoms with van der Waals surface area (Å²) in [6.07, 6.45) is 2.19. The van der Waals surface area contributed by atoms with Crippen LogP contribution in [-0.2, 0) is 17.6 Å². The Bertz CT molecular complexity index is 1190. The first-order valence-corrected chi connectivity index (χ1v) is 10.2. The van der Waals surface area contributed by atoms with Crippen molar-refractivity contribution in [2.24, 2.45) is 0 Å². The van der Waals surface area contributed by atoms with E-state index in [2.05, 4.69) is 4.98 Å². The van der Waals surface area contributed by atoms with E-state index >= 15 is 0 Å². The molecule has 0 bridgehead atoms. The lowest BCUT2D eigenvalue weighted by Crippen LogP contribution is -2.06. The van der Waals surface area contributed by atoms with Gasteiger partial charge in [0.25, 0.3) is 0 Å². The van der Waals surface area contributed by atoms with Crippen molar-refractivity contribution in [2.75, 3.05) is 21.3 Å². The van der Waals surface area contributed by atoms with Crippen LogP contribution in [0.4, 0.5) is 0 Å². The first kappa shape index (κ1) is 20.0. The third kappa shape index (κ3) is 4.02. The van der Waals surface area contributed by atoms with Crippen molar-refractivity contribution in [1.82, 2.24) is 4.98 Å². The minimum Gasteiger partial charge on any atom is -0.497 e. The zero-order valence-corrected chi connectivity index (χ0v) is 17.7. The molecule has 0 saturated heterocycles. The van der Waals surface area contributed by atoms with Crippen molar-refractivity contribution in [1.29, 1.82) is 0 Å². The minimum absolute atomic E-state index is 0.0759. The molecule has 4 rings (SSSR count). The molecule has 2 aromatic heterocycles. The summed E-state index contributed by atoms with van der Waals surface area (Å²) in [7, 11) is 4.84. The van der Waals surface area contributed by atoms with Gasteiger partial charge in [-0.1, -0.05) is 0 Å². The van der Waals surface area contributed by atoms with E-state index < -0.39 is 0 Å². The van der Waals surface area contributed by atoms with Crippen LogP contribution in [-0.4, -0.2) is 32.1 Å². The summed E-state index contributed by atoms with van der Waals surface area (Å²) in [4.78, 5) is 17.3. The van der Waals surface area contributed by atoms with Crippen LogP contribution in [0, 0.1) is 0 Å². The van der Waals surface area contributed by atoms with Crippen molar-refractivity contribution in [2.45, 2.75) is 12.8 Å². The fraction of sp³-hybridized carbons (Fsp3) is 0.217. The van der Waals surface area contributed by atoms with Crippen LogP contribution in [0.2, 0.25) is 0 Å². The van der Waals surface area contributed by atoms with E-state index in [1.54, 1.807) is 27.6 Å². The highest BCUT2D eigenvalue weighted by Gasteiger charge is 2.16. The lowest BCUT2D eigenvalue weighted by molar-refractivity contribution is -0.117. The van der Waals surface area contributed by atoms with Gasteiger partial charge >= 0.3 is 0 Å². The number of nitrogens with zero attached hydrogens (tertiary/aromatic N) is 1. The average molecular weight is 423 g/mol. The van der Waals surface area contributed by atoms with Crippen molar-refractivity contribution in [3.05, 3.63) is 58.6 Å². The average Bonchev–Trinajstić information content (AvgIpc) is 3.39. The lowest BCUT2D eigenvalue weighted by Gasteiger charge is -2.08. The van der Waals surface area contributed by atoms with E-state index in [1.807, 2.05) is 41.8 Å². The summed E-state index contributed by atoms with van der Waals surface area (Å²) < 4.78 is 21.5. The van der Waals surface area contributed by atoms with Crippen LogP contribution in [0.3, 0.4) is 0 Å². The molecule has 0 aliphatic carbocycles. The SMILES string of the molecule is COc1ccc(OC)c(-c2csc(CC(=O)Cc3coc4cc(OC)ccc34)n2)c1. The van der Waals surface area contributed by atoms with E-state index in [0.29, 0.717) is 11.3 Å². The van der Waals surface area contributed by atoms with E-state index in [9.17, 15) is 4.79 Å². The molecule has 0 amide bonds. The number of carbonyl (C=O) groups excluding carboxylic acids is 1. The molecule has 6 nitrogen and oxygen atoms in total. The Morgan fingerprint density at radius 3 is 2.53 bits per heavy atom. The Morgan fingerprint density at radius 1 is 1.00 bits per heavy atom. The number of benzene rings is 2. The van der Waals surface area contributed by atoms with Crippen molar-refractivity contribution < 1.29 is 23.4 Å². The number of thiazole rings is 1. The molecule has 2 aromatic carbocycles. The minimum atomic E-state index is 0.0759. The number of hydrogen-bond acceptors (Lipinski definition) is 7. The zero-order valence-electron chi connectivity index (χ0n) is 16.9. The normalized spacial score (nSPS) is 10.9. The molecular formula is C23H21NO5S. The molecule has 0 aliphatic heterocycles. The molecule has 0 aliphatic rings. The fourth-order valence-corrected chi connectivity index (χ4v) is 4.12. The van der Waals surface area contributed by atoms with E-state index in [-0.39, 0.29) is 18.6 Å². The Hall–Kier alpha value is -3.32. The number of fused-ring (bicyclic) bond motifs is 1. The van der Waals surface area contributed by atoms with Gasteiger partial charge in [0.2, 0.25) is 0 Å². The summed E-state index contributed by atoms with van der Waals surface area (Å²) in [5.41, 5.74) is 3.17. The molecule has 2 heterocycles. The number of aromatic nitrogens is 1. The van der Waals surface area contributed by atoms with Gasteiger partial charge in [0.05, 0.1) is 39.7 Å². The van der Waals surface area contributed by atoms with E-state index in [0.717, 1.165) is 38.7 Å². The van der Waals surface area contributed by atoms with Crippen LogP contribution in [0.25, 0.3) is 22.2 Å². The number of hydrogen-bond donors (Lipinski definition) is 0. The monoisotopic (exact) mass is 423 g/mol. The second kappa shape index (κ2) is 8.59. The molecule has 0 atom stereocenters. The highest BCUT2D eigenvalue weighted by atomic mass is 32.1. The maximum Gasteiger partial charge on any atom is 0.144 e. The topological polar surface area (TPSA) is 70.8 Å². The zero-order chi connectivity index (χ0) is 21.1. The summed E-state index contributed by atoms with van der Waals surface area (Å²) in [6, 6.07) is 11.2. The maximum absolute atomic E-state index is 12.7. The number of Topliss-reactive ketones (excluding diaryl/α,β-unsaturated/α-hetero) is 1. The Balaban J connectivity index is 1.50. The Kier molecular flexibility index (Phi) is 5.72. The lowest BCUT2D eigenvalue weighted by atomic mass is 10.1. The number of furan rings is 1. The molecule has 0 spiro atoms. The van der Waals surface area contributed by atoms with Gasteiger partial charge in [-0.3, -0.25) is 4.79 Å². The van der Waals surface area contributed by atoms with Crippen LogP contribution >= 0.6 is 11.3 Å². The van der Waals surface area contributed by atoms with Crippen molar-refractivity contribution in [3.8, 4) is 28.5 Å². The number of methoxy groups -OCH3 is 3. The molecule has 0 saturated carbocycles. The maximum atomic E-state index is 12.7. The van der Waals surface area contributed by atoms with Gasteiger partial charge in [-0.2, -0.15) is 0 Å². The first-order valence-electron chi connectivity index (χ1n) is 9.34. The first-order chi connectivity index (χ1) is 14.6. The highest BCUT2D eigenvalue weighted by molar-refractivity contribution is 7.10. The summed E-state index contributed by atoms with van der Waals surface area (Å²) >= 11 is 1.46. The second-order valence-electron chi connectivity index (χ2n) is 6.71. The molecule has 0 unspecified atom stereocenters. The van der Waals surface area contributed by atoms with Crippen LogP contribution in [0.15, 0.2) is 52.5 Å². The number of ketones is 1. The van der Waals surface area contributed by atoms with Gasteiger partial charge in [-0.05, 0) is 30.3 Å². The van der Waals surface area contributed by atoms with Crippen LogP contribution in [0.1, 0.15) is 10.6 Å². The number of rotatable bonds is 8. The smallest absolute Gasteiger partial charge is 0.144 e. The Morgan fingerprint density at radius 2 is 1.77 bits per heavy atom. The summed E-state index contributed by atoms with van der Waals surface area (Å²) in [5.74, 6) is 2.23.